The molecule has 0 unspecified atom stereocenters. The summed E-state index contributed by atoms with van der Waals surface area (Å²) in [6.07, 6.45) is 4.57. The number of hydrogen-bond acceptors (Lipinski definition) is 3. The monoisotopic (exact) mass is 213 g/mol. The zero-order valence-corrected chi connectivity index (χ0v) is 9.35. The van der Waals surface area contributed by atoms with E-state index in [2.05, 4.69) is 22.1 Å². The van der Waals surface area contributed by atoms with Gasteiger partial charge in [0, 0.05) is 41.3 Å². The van der Waals surface area contributed by atoms with Crippen molar-refractivity contribution in [1.29, 1.82) is 0 Å². The van der Waals surface area contributed by atoms with Gasteiger partial charge in [0.2, 0.25) is 0 Å². The number of aryl methyl sites for hydroxylation is 1. The molecule has 2 heterocycles. The summed E-state index contributed by atoms with van der Waals surface area (Å²) in [7, 11) is 0. The van der Waals surface area contributed by atoms with Crippen molar-refractivity contribution in [1.82, 2.24) is 9.97 Å². The smallest absolute Gasteiger partial charge is 0.0416 e. The fourth-order valence-electron chi connectivity index (χ4n) is 1.53. The van der Waals surface area contributed by atoms with Gasteiger partial charge in [-0.2, -0.15) is 0 Å². The van der Waals surface area contributed by atoms with E-state index in [1.165, 1.54) is 0 Å². The largest absolute Gasteiger partial charge is 0.330 e. The highest BCUT2D eigenvalue weighted by Gasteiger charge is 1.99. The van der Waals surface area contributed by atoms with Crippen LogP contribution in [0, 0.1) is 6.92 Å². The molecule has 0 bridgehead atoms. The number of nitrogens with two attached hydrogens (primary N) is 1. The maximum absolute atomic E-state index is 5.48. The predicted octanol–water partition coefficient (Wildman–Crippen LogP) is 1.95. The van der Waals surface area contributed by atoms with Crippen molar-refractivity contribution in [2.45, 2.75) is 13.3 Å². The van der Waals surface area contributed by atoms with Gasteiger partial charge in [0.1, 0.15) is 0 Å². The minimum absolute atomic E-state index is 0.637. The van der Waals surface area contributed by atoms with Gasteiger partial charge in [-0.25, -0.2) is 0 Å². The first-order chi connectivity index (χ1) is 7.79. The van der Waals surface area contributed by atoms with Crippen LogP contribution in [0.3, 0.4) is 0 Å². The first-order valence-corrected chi connectivity index (χ1v) is 5.37. The van der Waals surface area contributed by atoms with E-state index in [1.807, 2.05) is 31.5 Å². The lowest BCUT2D eigenvalue weighted by Gasteiger charge is -2.02. The van der Waals surface area contributed by atoms with Gasteiger partial charge in [-0.1, -0.05) is 12.1 Å². The molecule has 82 valence electrons. The zero-order valence-electron chi connectivity index (χ0n) is 9.35. The number of rotatable bonds is 3. The molecule has 0 aliphatic carbocycles. The van der Waals surface area contributed by atoms with E-state index in [0.717, 1.165) is 28.9 Å². The Kier molecular flexibility index (Phi) is 3.27. The fourth-order valence-corrected chi connectivity index (χ4v) is 1.53. The highest BCUT2D eigenvalue weighted by atomic mass is 14.7. The topological polar surface area (TPSA) is 51.8 Å². The SMILES string of the molecule is Cc1ccc(-c2ccc(CCN)nc2)cn1. The molecule has 0 aliphatic heterocycles. The molecule has 2 aromatic heterocycles. The summed E-state index contributed by atoms with van der Waals surface area (Å²) in [5, 5.41) is 0. The van der Waals surface area contributed by atoms with E-state index < -0.39 is 0 Å². The predicted molar refractivity (Wildman–Crippen MR) is 65.0 cm³/mol. The van der Waals surface area contributed by atoms with Crippen molar-refractivity contribution < 1.29 is 0 Å². The second kappa shape index (κ2) is 4.86. The van der Waals surface area contributed by atoms with Crippen molar-refractivity contribution >= 4 is 0 Å². The van der Waals surface area contributed by atoms with E-state index in [1.54, 1.807) is 0 Å². The van der Waals surface area contributed by atoms with E-state index in [0.29, 0.717) is 6.54 Å². The Labute approximate surface area is 95.4 Å². The quantitative estimate of drug-likeness (QED) is 0.847. The summed E-state index contributed by atoms with van der Waals surface area (Å²) >= 11 is 0. The number of aromatic nitrogens is 2. The summed E-state index contributed by atoms with van der Waals surface area (Å²) in [6, 6.07) is 8.14. The Morgan fingerprint density at radius 1 is 1.00 bits per heavy atom. The number of pyridine rings is 2. The summed E-state index contributed by atoms with van der Waals surface area (Å²) in [6.45, 7) is 2.62. The van der Waals surface area contributed by atoms with Crippen LogP contribution in [0.5, 0.6) is 0 Å². The average molecular weight is 213 g/mol. The molecule has 2 rings (SSSR count). The molecule has 3 nitrogen and oxygen atoms in total. The van der Waals surface area contributed by atoms with Crippen LogP contribution in [0.1, 0.15) is 11.4 Å². The summed E-state index contributed by atoms with van der Waals surface area (Å²) in [5.41, 5.74) is 9.72. The van der Waals surface area contributed by atoms with Gasteiger partial charge in [0.05, 0.1) is 0 Å². The van der Waals surface area contributed by atoms with Crippen molar-refractivity contribution in [3.05, 3.63) is 48.0 Å². The van der Waals surface area contributed by atoms with Gasteiger partial charge in [0.25, 0.3) is 0 Å². The number of nitrogens with zero attached hydrogens (tertiary/aromatic N) is 2. The minimum Gasteiger partial charge on any atom is -0.330 e. The summed E-state index contributed by atoms with van der Waals surface area (Å²) in [5.74, 6) is 0. The van der Waals surface area contributed by atoms with Crippen molar-refractivity contribution in [3.63, 3.8) is 0 Å². The van der Waals surface area contributed by atoms with Gasteiger partial charge in [0.15, 0.2) is 0 Å². The van der Waals surface area contributed by atoms with Gasteiger partial charge in [-0.05, 0) is 25.6 Å². The molecule has 0 saturated carbocycles. The third-order valence-corrected chi connectivity index (χ3v) is 2.47. The maximum Gasteiger partial charge on any atom is 0.0416 e. The molecule has 0 amide bonds. The molecule has 0 spiro atoms. The average Bonchev–Trinajstić information content (AvgIpc) is 2.32. The first-order valence-electron chi connectivity index (χ1n) is 5.37. The molecule has 0 radical (unpaired) electrons. The second-order valence-electron chi connectivity index (χ2n) is 3.77. The Bertz CT molecular complexity index is 446. The van der Waals surface area contributed by atoms with Crippen LogP contribution in [0.25, 0.3) is 11.1 Å². The van der Waals surface area contributed by atoms with Crippen molar-refractivity contribution in [3.8, 4) is 11.1 Å². The molecule has 0 aromatic carbocycles. The van der Waals surface area contributed by atoms with Crippen LogP contribution in [-0.4, -0.2) is 16.5 Å². The third-order valence-electron chi connectivity index (χ3n) is 2.47. The molecule has 0 atom stereocenters. The molecular formula is C13H15N3. The Morgan fingerprint density at radius 2 is 1.69 bits per heavy atom. The van der Waals surface area contributed by atoms with Crippen LogP contribution >= 0.6 is 0 Å². The molecule has 0 aliphatic rings. The van der Waals surface area contributed by atoms with Crippen molar-refractivity contribution in [2.24, 2.45) is 5.73 Å². The fraction of sp³-hybridized carbons (Fsp3) is 0.231. The van der Waals surface area contributed by atoms with Gasteiger partial charge in [-0.15, -0.1) is 0 Å². The Morgan fingerprint density at radius 3 is 2.19 bits per heavy atom. The Balaban J connectivity index is 2.24. The number of hydrogen-bond donors (Lipinski definition) is 1. The molecule has 2 N–H and O–H groups in total. The summed E-state index contributed by atoms with van der Waals surface area (Å²) < 4.78 is 0. The first kappa shape index (κ1) is 10.8. The maximum atomic E-state index is 5.48. The zero-order chi connectivity index (χ0) is 11.4. The van der Waals surface area contributed by atoms with Crippen LogP contribution in [0.4, 0.5) is 0 Å². The minimum atomic E-state index is 0.637. The Hall–Kier alpha value is -1.74. The lowest BCUT2D eigenvalue weighted by atomic mass is 10.1. The van der Waals surface area contributed by atoms with E-state index in [9.17, 15) is 0 Å². The van der Waals surface area contributed by atoms with Gasteiger partial charge in [-0.3, -0.25) is 9.97 Å². The van der Waals surface area contributed by atoms with E-state index in [4.69, 9.17) is 5.73 Å². The molecule has 2 aromatic rings. The molecule has 0 saturated heterocycles. The second-order valence-corrected chi connectivity index (χ2v) is 3.77. The molecule has 0 fully saturated rings. The highest BCUT2D eigenvalue weighted by molar-refractivity contribution is 5.61. The standard InChI is InChI=1S/C13H15N3/c1-10-2-3-11(8-15-10)12-4-5-13(6-7-14)16-9-12/h2-5,8-9H,6-7,14H2,1H3. The molecular weight excluding hydrogens is 198 g/mol. The molecule has 3 heteroatoms. The van der Waals surface area contributed by atoms with Gasteiger partial charge < -0.3 is 5.73 Å². The highest BCUT2D eigenvalue weighted by Crippen LogP contribution is 2.17. The van der Waals surface area contributed by atoms with Gasteiger partial charge >= 0.3 is 0 Å². The lowest BCUT2D eigenvalue weighted by Crippen LogP contribution is -2.03. The van der Waals surface area contributed by atoms with Crippen LogP contribution in [-0.2, 0) is 6.42 Å². The van der Waals surface area contributed by atoms with Crippen LogP contribution < -0.4 is 5.73 Å². The third kappa shape index (κ3) is 2.44. The lowest BCUT2D eigenvalue weighted by molar-refractivity contribution is 0.924. The van der Waals surface area contributed by atoms with E-state index in [-0.39, 0.29) is 0 Å². The summed E-state index contributed by atoms with van der Waals surface area (Å²) in [4.78, 5) is 8.63. The van der Waals surface area contributed by atoms with Crippen LogP contribution in [0.15, 0.2) is 36.7 Å². The van der Waals surface area contributed by atoms with Crippen molar-refractivity contribution in [2.75, 3.05) is 6.54 Å². The molecule has 16 heavy (non-hydrogen) atoms. The normalized spacial score (nSPS) is 10.4. The van der Waals surface area contributed by atoms with Crippen LogP contribution in [0.2, 0.25) is 0 Å². The van der Waals surface area contributed by atoms with E-state index >= 15 is 0 Å².